The number of nitrogens with zero attached hydrogens (tertiary/aromatic N) is 1. The molecule has 1 aliphatic heterocycles. The van der Waals surface area contributed by atoms with E-state index in [1.54, 1.807) is 14.2 Å². The molecule has 0 bridgehead atoms. The molecule has 0 aromatic heterocycles. The van der Waals surface area contributed by atoms with Gasteiger partial charge in [-0.3, -0.25) is 4.99 Å². The molecule has 0 amide bonds. The van der Waals surface area contributed by atoms with E-state index in [0.29, 0.717) is 19.7 Å². The molecule has 0 spiro atoms. The number of nitrogens with one attached hydrogen (secondary N) is 2. The average Bonchev–Trinajstić information content (AvgIpc) is 3.11. The van der Waals surface area contributed by atoms with Crippen LogP contribution in [0, 0.1) is 12.3 Å². The molecule has 1 heterocycles. The summed E-state index contributed by atoms with van der Waals surface area (Å²) in [5, 5.41) is 6.73. The maximum Gasteiger partial charge on any atom is 0.191 e. The van der Waals surface area contributed by atoms with Crippen molar-refractivity contribution in [2.24, 2.45) is 10.4 Å². The molecule has 1 aromatic carbocycles. The number of aliphatic imine (C=N–C) groups is 1. The van der Waals surface area contributed by atoms with Crippen molar-refractivity contribution in [2.75, 3.05) is 33.9 Å². The van der Waals surface area contributed by atoms with Crippen LogP contribution in [0.15, 0.2) is 23.2 Å². The average molecular weight is 505 g/mol. The number of guanidine groups is 1. The SMILES string of the molecule is CN=C(NCc1ccc(C)cc1OC1CCOC1)NCC(OC)C(C)(C)C.I. The van der Waals surface area contributed by atoms with Gasteiger partial charge in [0.15, 0.2) is 5.96 Å². The van der Waals surface area contributed by atoms with Crippen molar-refractivity contribution in [3.8, 4) is 5.75 Å². The van der Waals surface area contributed by atoms with Crippen LogP contribution in [0.2, 0.25) is 0 Å². The zero-order chi connectivity index (χ0) is 19.9. The van der Waals surface area contributed by atoms with E-state index in [1.165, 1.54) is 5.56 Å². The first-order valence-corrected chi connectivity index (χ1v) is 9.64. The van der Waals surface area contributed by atoms with E-state index in [2.05, 4.69) is 61.5 Å². The van der Waals surface area contributed by atoms with Gasteiger partial charge in [0, 0.05) is 39.2 Å². The molecule has 2 N–H and O–H groups in total. The molecule has 2 unspecified atom stereocenters. The third kappa shape index (κ3) is 7.75. The topological polar surface area (TPSA) is 64.1 Å². The third-order valence-electron chi connectivity index (χ3n) is 4.78. The molecule has 7 heteroatoms. The number of methoxy groups -OCH3 is 1. The highest BCUT2D eigenvalue weighted by Crippen LogP contribution is 2.24. The second-order valence-electron chi connectivity index (χ2n) is 8.11. The molecule has 0 radical (unpaired) electrons. The Morgan fingerprint density at radius 2 is 2.07 bits per heavy atom. The van der Waals surface area contributed by atoms with E-state index in [4.69, 9.17) is 14.2 Å². The van der Waals surface area contributed by atoms with Crippen LogP contribution in [0.1, 0.15) is 38.3 Å². The van der Waals surface area contributed by atoms with Crippen molar-refractivity contribution in [3.05, 3.63) is 29.3 Å². The number of aryl methyl sites for hydroxylation is 1. The summed E-state index contributed by atoms with van der Waals surface area (Å²) in [4.78, 5) is 4.32. The minimum Gasteiger partial charge on any atom is -0.488 e. The van der Waals surface area contributed by atoms with E-state index in [0.717, 1.165) is 30.3 Å². The highest BCUT2D eigenvalue weighted by Gasteiger charge is 2.24. The van der Waals surface area contributed by atoms with E-state index in [9.17, 15) is 0 Å². The molecule has 6 nitrogen and oxygen atoms in total. The predicted octanol–water partition coefficient (Wildman–Crippen LogP) is 3.51. The molecule has 2 atom stereocenters. The van der Waals surface area contributed by atoms with Crippen LogP contribution in [0.5, 0.6) is 5.75 Å². The number of ether oxygens (including phenoxy) is 3. The second-order valence-corrected chi connectivity index (χ2v) is 8.11. The van der Waals surface area contributed by atoms with Gasteiger partial charge in [-0.25, -0.2) is 0 Å². The van der Waals surface area contributed by atoms with Crippen molar-refractivity contribution in [2.45, 2.75) is 52.9 Å². The van der Waals surface area contributed by atoms with Gasteiger partial charge in [-0.05, 0) is 24.0 Å². The lowest BCUT2D eigenvalue weighted by Crippen LogP contribution is -2.45. The molecule has 1 saturated heterocycles. The monoisotopic (exact) mass is 505 g/mol. The fourth-order valence-corrected chi connectivity index (χ4v) is 3.03. The Bertz CT molecular complexity index is 626. The van der Waals surface area contributed by atoms with Crippen molar-refractivity contribution >= 4 is 29.9 Å². The van der Waals surface area contributed by atoms with Crippen molar-refractivity contribution in [1.82, 2.24) is 10.6 Å². The van der Waals surface area contributed by atoms with Gasteiger partial charge in [0.2, 0.25) is 0 Å². The molecular formula is C21H36IN3O3. The standard InChI is InChI=1S/C21H35N3O3.HI/c1-15-7-8-16(18(11-15)27-17-9-10-26-14-17)12-23-20(22-5)24-13-19(25-6)21(2,3)4;/h7-8,11,17,19H,9-10,12-14H2,1-6H3,(H2,22,23,24);1H. The van der Waals surface area contributed by atoms with Crippen LogP contribution in [0.3, 0.4) is 0 Å². The zero-order valence-electron chi connectivity index (χ0n) is 18.0. The van der Waals surface area contributed by atoms with Gasteiger partial charge in [0.1, 0.15) is 11.9 Å². The first-order valence-electron chi connectivity index (χ1n) is 9.64. The van der Waals surface area contributed by atoms with Crippen LogP contribution in [-0.4, -0.2) is 52.1 Å². The number of hydrogen-bond acceptors (Lipinski definition) is 4. The normalized spacial score (nSPS) is 18.4. The molecule has 160 valence electrons. The fourth-order valence-electron chi connectivity index (χ4n) is 3.03. The quantitative estimate of drug-likeness (QED) is 0.338. The molecule has 1 aromatic rings. The third-order valence-corrected chi connectivity index (χ3v) is 4.78. The second kappa shape index (κ2) is 11.8. The summed E-state index contributed by atoms with van der Waals surface area (Å²) in [6.07, 6.45) is 1.17. The van der Waals surface area contributed by atoms with Gasteiger partial charge >= 0.3 is 0 Å². The largest absolute Gasteiger partial charge is 0.488 e. The van der Waals surface area contributed by atoms with Crippen LogP contribution in [0.4, 0.5) is 0 Å². The zero-order valence-corrected chi connectivity index (χ0v) is 20.3. The smallest absolute Gasteiger partial charge is 0.191 e. The summed E-state index contributed by atoms with van der Waals surface area (Å²) in [6.45, 7) is 11.3. The molecular weight excluding hydrogens is 469 g/mol. The molecule has 28 heavy (non-hydrogen) atoms. The fraction of sp³-hybridized carbons (Fsp3) is 0.667. The van der Waals surface area contributed by atoms with Crippen LogP contribution in [0.25, 0.3) is 0 Å². The Hall–Kier alpha value is -1.06. The maximum absolute atomic E-state index is 6.17. The summed E-state index contributed by atoms with van der Waals surface area (Å²) in [5.41, 5.74) is 2.35. The molecule has 1 fully saturated rings. The summed E-state index contributed by atoms with van der Waals surface area (Å²) < 4.78 is 17.2. The first kappa shape index (κ1) is 25.0. The van der Waals surface area contributed by atoms with Crippen LogP contribution in [-0.2, 0) is 16.0 Å². The lowest BCUT2D eigenvalue weighted by molar-refractivity contribution is 0.0205. The van der Waals surface area contributed by atoms with Gasteiger partial charge in [-0.2, -0.15) is 0 Å². The van der Waals surface area contributed by atoms with E-state index in [1.807, 2.05) is 0 Å². The van der Waals surface area contributed by atoms with E-state index < -0.39 is 0 Å². The number of benzene rings is 1. The molecule has 0 aliphatic carbocycles. The van der Waals surface area contributed by atoms with Crippen molar-refractivity contribution in [3.63, 3.8) is 0 Å². The Morgan fingerprint density at radius 3 is 2.64 bits per heavy atom. The van der Waals surface area contributed by atoms with E-state index >= 15 is 0 Å². The highest BCUT2D eigenvalue weighted by molar-refractivity contribution is 14.0. The molecule has 1 aliphatic rings. The summed E-state index contributed by atoms with van der Waals surface area (Å²) in [5.74, 6) is 1.66. The van der Waals surface area contributed by atoms with Gasteiger partial charge in [0.25, 0.3) is 0 Å². The first-order chi connectivity index (χ1) is 12.8. The number of halogens is 1. The number of rotatable bonds is 7. The van der Waals surface area contributed by atoms with Crippen molar-refractivity contribution in [1.29, 1.82) is 0 Å². The summed E-state index contributed by atoms with van der Waals surface area (Å²) in [6, 6.07) is 6.30. The predicted molar refractivity (Wildman–Crippen MR) is 125 cm³/mol. The minimum absolute atomic E-state index is 0. The van der Waals surface area contributed by atoms with Crippen LogP contribution < -0.4 is 15.4 Å². The lowest BCUT2D eigenvalue weighted by atomic mass is 9.89. The molecule has 0 saturated carbocycles. The number of hydrogen-bond donors (Lipinski definition) is 2. The Labute approximate surface area is 186 Å². The lowest BCUT2D eigenvalue weighted by Gasteiger charge is -2.30. The Balaban J connectivity index is 0.00000392. The van der Waals surface area contributed by atoms with Crippen LogP contribution >= 0.6 is 24.0 Å². The minimum atomic E-state index is 0. The maximum atomic E-state index is 6.17. The van der Waals surface area contributed by atoms with Crippen molar-refractivity contribution < 1.29 is 14.2 Å². The molecule has 2 rings (SSSR count). The van der Waals surface area contributed by atoms with E-state index in [-0.39, 0.29) is 41.6 Å². The summed E-state index contributed by atoms with van der Waals surface area (Å²) >= 11 is 0. The Kier molecular flexibility index (Phi) is 10.5. The Morgan fingerprint density at radius 1 is 1.32 bits per heavy atom. The van der Waals surface area contributed by atoms with Gasteiger partial charge < -0.3 is 24.8 Å². The van der Waals surface area contributed by atoms with Gasteiger partial charge in [-0.15, -0.1) is 24.0 Å². The highest BCUT2D eigenvalue weighted by atomic mass is 127. The van der Waals surface area contributed by atoms with Gasteiger partial charge in [0.05, 0.1) is 19.3 Å². The summed E-state index contributed by atoms with van der Waals surface area (Å²) in [7, 11) is 3.52. The van der Waals surface area contributed by atoms with Gasteiger partial charge in [-0.1, -0.05) is 32.9 Å².